The number of carbonyl (C=O) groups is 2. The van der Waals surface area contributed by atoms with Crippen molar-refractivity contribution in [2.24, 2.45) is 4.99 Å². The van der Waals surface area contributed by atoms with Crippen LogP contribution >= 0.6 is 0 Å². The molecule has 1 unspecified atom stereocenters. The maximum atomic E-state index is 10.5. The fraction of sp³-hybridized carbons (Fsp3) is 0.0667. The van der Waals surface area contributed by atoms with Crippen LogP contribution in [0.3, 0.4) is 0 Å². The molecule has 1 aliphatic heterocycles. The number of pyridine rings is 1. The molecule has 0 saturated heterocycles. The number of nitrogens with zero attached hydrogens (tertiary/aromatic N) is 2. The first-order valence-electron chi connectivity index (χ1n) is 6.07. The summed E-state index contributed by atoms with van der Waals surface area (Å²) in [5.41, 5.74) is 2.06. The zero-order valence-electron chi connectivity index (χ0n) is 10.9. The number of aromatic nitrogens is 1. The van der Waals surface area contributed by atoms with Crippen LogP contribution in [0, 0.1) is 0 Å². The van der Waals surface area contributed by atoms with Crippen LogP contribution in [-0.2, 0) is 9.59 Å². The minimum atomic E-state index is -1.02. The Balaban J connectivity index is 2.17. The monoisotopic (exact) mass is 284 g/mol. The van der Waals surface area contributed by atoms with Crippen LogP contribution in [0.15, 0.2) is 53.2 Å². The van der Waals surface area contributed by atoms with Crippen molar-refractivity contribution in [1.82, 2.24) is 4.98 Å². The van der Waals surface area contributed by atoms with E-state index in [9.17, 15) is 9.59 Å². The van der Waals surface area contributed by atoms with Crippen LogP contribution in [0.4, 0.5) is 0 Å². The Morgan fingerprint density at radius 2 is 1.86 bits per heavy atom. The molecule has 0 bridgehead atoms. The van der Waals surface area contributed by atoms with E-state index in [4.69, 9.17) is 10.2 Å². The summed E-state index contributed by atoms with van der Waals surface area (Å²) in [6.07, 6.45) is 9.96. The van der Waals surface area contributed by atoms with E-state index in [-0.39, 0.29) is 6.04 Å². The Labute approximate surface area is 120 Å². The van der Waals surface area contributed by atoms with E-state index >= 15 is 0 Å². The van der Waals surface area contributed by atoms with E-state index < -0.39 is 11.9 Å². The van der Waals surface area contributed by atoms with E-state index in [0.29, 0.717) is 16.8 Å². The van der Waals surface area contributed by atoms with Crippen LogP contribution in [0.1, 0.15) is 17.3 Å². The molecule has 0 amide bonds. The summed E-state index contributed by atoms with van der Waals surface area (Å²) in [6, 6.07) is 3.13. The Hall–Kier alpha value is -3.02. The highest BCUT2D eigenvalue weighted by Crippen LogP contribution is 2.24. The number of rotatable bonds is 5. The summed E-state index contributed by atoms with van der Waals surface area (Å²) in [6.45, 7) is 0. The molecule has 0 spiro atoms. The minimum Gasteiger partial charge on any atom is -0.478 e. The molecule has 1 atom stereocenters. The van der Waals surface area contributed by atoms with Gasteiger partial charge in [-0.3, -0.25) is 9.98 Å². The lowest BCUT2D eigenvalue weighted by molar-refractivity contribution is -0.132. The third-order valence-corrected chi connectivity index (χ3v) is 2.68. The molecule has 106 valence electrons. The van der Waals surface area contributed by atoms with Gasteiger partial charge in [-0.1, -0.05) is 0 Å². The van der Waals surface area contributed by atoms with Crippen LogP contribution in [0.25, 0.3) is 6.08 Å². The lowest BCUT2D eigenvalue weighted by Crippen LogP contribution is -1.94. The maximum absolute atomic E-state index is 10.5. The highest BCUT2D eigenvalue weighted by Gasteiger charge is 2.13. The summed E-state index contributed by atoms with van der Waals surface area (Å²) in [5.74, 6) is -2.04. The molecule has 21 heavy (non-hydrogen) atoms. The molecule has 1 aromatic rings. The average molecular weight is 284 g/mol. The zero-order valence-corrected chi connectivity index (χ0v) is 10.9. The highest BCUT2D eigenvalue weighted by atomic mass is 16.4. The number of hydrogen-bond donors (Lipinski definition) is 2. The fourth-order valence-electron chi connectivity index (χ4n) is 1.76. The van der Waals surface area contributed by atoms with Gasteiger partial charge in [-0.25, -0.2) is 9.59 Å². The summed E-state index contributed by atoms with van der Waals surface area (Å²) >= 11 is 0. The van der Waals surface area contributed by atoms with Crippen LogP contribution in [0.5, 0.6) is 0 Å². The molecule has 2 N–H and O–H groups in total. The highest BCUT2D eigenvalue weighted by molar-refractivity contribution is 5.89. The normalized spacial score (nSPS) is 17.5. The number of aliphatic imine (C=N–C) groups is 1. The van der Waals surface area contributed by atoms with Crippen molar-refractivity contribution in [3.63, 3.8) is 0 Å². The first-order chi connectivity index (χ1) is 10.0. The molecule has 6 nitrogen and oxygen atoms in total. The Morgan fingerprint density at radius 1 is 1.14 bits per heavy atom. The molecule has 2 rings (SSSR count). The predicted molar refractivity (Wildman–Crippen MR) is 77.0 cm³/mol. The molecule has 6 heteroatoms. The molecule has 1 aromatic heterocycles. The van der Waals surface area contributed by atoms with E-state index in [1.165, 1.54) is 12.2 Å². The standard InChI is InChI=1S/C15H12N2O4/c18-14(19)3-1-10-5-6-16-12(7-10)13-8-11(9-17-13)2-4-15(20)21/h1-9,13H,(H,18,19)(H,20,21)/b3-1+,4-2+. The lowest BCUT2D eigenvalue weighted by Gasteiger charge is -2.04. The Kier molecular flexibility index (Phi) is 4.40. The Bertz CT molecular complexity index is 687. The van der Waals surface area contributed by atoms with Crippen LogP contribution < -0.4 is 0 Å². The Morgan fingerprint density at radius 3 is 2.57 bits per heavy atom. The number of carboxylic acids is 2. The van der Waals surface area contributed by atoms with Crippen molar-refractivity contribution in [1.29, 1.82) is 0 Å². The first kappa shape index (κ1) is 14.4. The van der Waals surface area contributed by atoms with Crippen LogP contribution in [0.2, 0.25) is 0 Å². The summed E-state index contributed by atoms with van der Waals surface area (Å²) in [5, 5.41) is 17.2. The molecule has 0 saturated carbocycles. The van der Waals surface area contributed by atoms with Gasteiger partial charge in [0.2, 0.25) is 0 Å². The molecule has 0 aromatic carbocycles. The third-order valence-electron chi connectivity index (χ3n) is 2.68. The summed E-state index contributed by atoms with van der Waals surface area (Å²) in [4.78, 5) is 29.4. The second-order valence-electron chi connectivity index (χ2n) is 4.25. The van der Waals surface area contributed by atoms with Crippen molar-refractivity contribution < 1.29 is 19.8 Å². The third kappa shape index (κ3) is 4.24. The molecular formula is C15H12N2O4. The first-order valence-corrected chi connectivity index (χ1v) is 6.07. The number of hydrogen-bond acceptors (Lipinski definition) is 4. The molecule has 2 heterocycles. The second-order valence-corrected chi connectivity index (χ2v) is 4.25. The van der Waals surface area contributed by atoms with E-state index in [1.807, 2.05) is 0 Å². The smallest absolute Gasteiger partial charge is 0.328 e. The molecule has 0 aliphatic carbocycles. The van der Waals surface area contributed by atoms with Crippen molar-refractivity contribution >= 4 is 24.2 Å². The van der Waals surface area contributed by atoms with Gasteiger partial charge in [0.1, 0.15) is 6.04 Å². The van der Waals surface area contributed by atoms with E-state index in [1.54, 1.807) is 30.6 Å². The topological polar surface area (TPSA) is 99.8 Å². The van der Waals surface area contributed by atoms with Gasteiger partial charge in [0, 0.05) is 24.6 Å². The van der Waals surface area contributed by atoms with Crippen molar-refractivity contribution in [2.75, 3.05) is 0 Å². The second kappa shape index (κ2) is 6.42. The minimum absolute atomic E-state index is 0.295. The van der Waals surface area contributed by atoms with Gasteiger partial charge in [-0.05, 0) is 41.5 Å². The fourth-order valence-corrected chi connectivity index (χ4v) is 1.76. The van der Waals surface area contributed by atoms with Crippen LogP contribution in [-0.4, -0.2) is 33.4 Å². The SMILES string of the molecule is O=C(O)/C=C/C1=CC(c2cc(/C=C/C(=O)O)ccn2)N=C1. The van der Waals surface area contributed by atoms with Gasteiger partial charge < -0.3 is 10.2 Å². The molecular weight excluding hydrogens is 272 g/mol. The largest absolute Gasteiger partial charge is 0.478 e. The van der Waals surface area contributed by atoms with Gasteiger partial charge in [-0.2, -0.15) is 0 Å². The quantitative estimate of drug-likeness (QED) is 0.804. The van der Waals surface area contributed by atoms with Gasteiger partial charge in [0.15, 0.2) is 0 Å². The summed E-state index contributed by atoms with van der Waals surface area (Å²) in [7, 11) is 0. The molecule has 0 radical (unpaired) electrons. The van der Waals surface area contributed by atoms with E-state index in [2.05, 4.69) is 9.98 Å². The number of aliphatic carboxylic acids is 2. The number of carboxylic acid groups (broad SMARTS) is 2. The lowest BCUT2D eigenvalue weighted by atomic mass is 10.1. The van der Waals surface area contributed by atoms with Gasteiger partial charge in [0.25, 0.3) is 0 Å². The van der Waals surface area contributed by atoms with E-state index in [0.717, 1.165) is 12.2 Å². The van der Waals surface area contributed by atoms with Gasteiger partial charge in [-0.15, -0.1) is 0 Å². The average Bonchev–Trinajstić information content (AvgIpc) is 2.92. The summed E-state index contributed by atoms with van der Waals surface area (Å²) < 4.78 is 0. The van der Waals surface area contributed by atoms with Gasteiger partial charge >= 0.3 is 11.9 Å². The maximum Gasteiger partial charge on any atom is 0.328 e. The number of allylic oxidation sites excluding steroid dienone is 2. The molecule has 1 aliphatic rings. The molecule has 0 fully saturated rings. The zero-order chi connectivity index (χ0) is 15.2. The van der Waals surface area contributed by atoms with Crippen molar-refractivity contribution in [2.45, 2.75) is 6.04 Å². The van der Waals surface area contributed by atoms with Gasteiger partial charge in [0.05, 0.1) is 5.69 Å². The van der Waals surface area contributed by atoms with Crippen molar-refractivity contribution in [3.8, 4) is 0 Å². The van der Waals surface area contributed by atoms with Crippen molar-refractivity contribution in [3.05, 3.63) is 59.5 Å². The predicted octanol–water partition coefficient (Wildman–Crippen LogP) is 1.87.